The van der Waals surface area contributed by atoms with Crippen LogP contribution in [0.15, 0.2) is 67.1 Å². The predicted octanol–water partition coefficient (Wildman–Crippen LogP) is 3.43. The maximum Gasteiger partial charge on any atom is 0.325 e. The fraction of sp³-hybridized carbons (Fsp3) is 0.259. The first-order chi connectivity index (χ1) is 18.4. The molecule has 38 heavy (non-hydrogen) atoms. The average molecular weight is 517 g/mol. The van der Waals surface area contributed by atoms with Crippen LogP contribution in [0.5, 0.6) is 0 Å². The fourth-order valence-electron chi connectivity index (χ4n) is 4.48. The van der Waals surface area contributed by atoms with Gasteiger partial charge in [-0.2, -0.15) is 5.10 Å². The summed E-state index contributed by atoms with van der Waals surface area (Å²) in [5, 5.41) is 12.6. The third-order valence-electron chi connectivity index (χ3n) is 6.50. The standard InChI is InChI=1S/C27H29FN8O2/c28-20-3-1-18(2-4-20)15-24(37)34-27(38)33-23-7-5-22(6-8-23)32-26-25-19(9-14-36(25)31-17-30-26)16-35-12-10-21(29)11-13-35/h1-9,14,17,21H,10-13,15-16,29H2,(H,30,31,32)(H2,33,34,37,38). The van der Waals surface area contributed by atoms with Gasteiger partial charge in [0.25, 0.3) is 0 Å². The molecular weight excluding hydrogens is 487 g/mol. The number of amides is 3. The van der Waals surface area contributed by atoms with Crippen LogP contribution in [0.3, 0.4) is 0 Å². The molecule has 1 saturated heterocycles. The van der Waals surface area contributed by atoms with E-state index in [2.05, 4.69) is 37.0 Å². The third-order valence-corrected chi connectivity index (χ3v) is 6.50. The largest absolute Gasteiger partial charge is 0.338 e. The Balaban J connectivity index is 1.19. The van der Waals surface area contributed by atoms with Crippen LogP contribution in [-0.2, 0) is 17.8 Å². The molecule has 5 rings (SSSR count). The number of benzene rings is 2. The highest BCUT2D eigenvalue weighted by Crippen LogP contribution is 2.25. The number of carbonyl (C=O) groups is 2. The van der Waals surface area contributed by atoms with Crippen molar-refractivity contribution in [3.05, 3.63) is 84.1 Å². The Labute approximate surface area is 219 Å². The van der Waals surface area contributed by atoms with Crippen LogP contribution >= 0.6 is 0 Å². The molecule has 11 heteroatoms. The number of nitrogens with one attached hydrogen (secondary N) is 3. The Morgan fingerprint density at radius 1 is 1.00 bits per heavy atom. The van der Waals surface area contributed by atoms with Gasteiger partial charge in [-0.25, -0.2) is 18.7 Å². The first-order valence-corrected chi connectivity index (χ1v) is 12.4. The number of carbonyl (C=O) groups excluding carboxylic acids is 2. The Morgan fingerprint density at radius 3 is 2.45 bits per heavy atom. The molecule has 0 saturated carbocycles. The number of anilines is 3. The van der Waals surface area contributed by atoms with E-state index in [0.717, 1.165) is 49.2 Å². The van der Waals surface area contributed by atoms with Crippen LogP contribution in [0.4, 0.5) is 26.4 Å². The molecule has 0 spiro atoms. The number of hydrogen-bond donors (Lipinski definition) is 4. The molecule has 4 aromatic rings. The van der Waals surface area contributed by atoms with Crippen LogP contribution < -0.4 is 21.7 Å². The van der Waals surface area contributed by atoms with E-state index < -0.39 is 11.9 Å². The molecule has 1 fully saturated rings. The van der Waals surface area contributed by atoms with Crippen molar-refractivity contribution in [3.63, 3.8) is 0 Å². The van der Waals surface area contributed by atoms with Crippen molar-refractivity contribution in [1.29, 1.82) is 0 Å². The lowest BCUT2D eigenvalue weighted by Gasteiger charge is -2.29. The Kier molecular flexibility index (Phi) is 7.57. The van der Waals surface area contributed by atoms with Gasteiger partial charge in [-0.3, -0.25) is 15.0 Å². The fourth-order valence-corrected chi connectivity index (χ4v) is 4.48. The summed E-state index contributed by atoms with van der Waals surface area (Å²) in [7, 11) is 0. The minimum absolute atomic E-state index is 0.0308. The lowest BCUT2D eigenvalue weighted by Crippen LogP contribution is -2.39. The lowest BCUT2D eigenvalue weighted by molar-refractivity contribution is -0.119. The van der Waals surface area contributed by atoms with Crippen molar-refractivity contribution < 1.29 is 14.0 Å². The Bertz CT molecular complexity index is 1410. The lowest BCUT2D eigenvalue weighted by atomic mass is 10.1. The van der Waals surface area contributed by atoms with E-state index in [1.54, 1.807) is 12.1 Å². The van der Waals surface area contributed by atoms with Crippen LogP contribution in [-0.4, -0.2) is 50.6 Å². The number of hydrogen-bond acceptors (Lipinski definition) is 7. The zero-order valence-corrected chi connectivity index (χ0v) is 20.7. The van der Waals surface area contributed by atoms with Crippen molar-refractivity contribution >= 4 is 34.6 Å². The summed E-state index contributed by atoms with van der Waals surface area (Å²) in [5.41, 5.74) is 9.99. The van der Waals surface area contributed by atoms with Gasteiger partial charge in [0.1, 0.15) is 17.7 Å². The molecule has 5 N–H and O–H groups in total. The molecule has 2 aromatic carbocycles. The second-order valence-corrected chi connectivity index (χ2v) is 9.36. The summed E-state index contributed by atoms with van der Waals surface area (Å²) in [6.45, 7) is 2.73. The molecule has 0 radical (unpaired) electrons. The number of imide groups is 1. The number of halogens is 1. The quantitative estimate of drug-likeness (QED) is 0.296. The molecule has 10 nitrogen and oxygen atoms in total. The van der Waals surface area contributed by atoms with Gasteiger partial charge in [-0.15, -0.1) is 0 Å². The van der Waals surface area contributed by atoms with E-state index in [1.807, 2.05) is 22.8 Å². The third kappa shape index (κ3) is 6.31. The van der Waals surface area contributed by atoms with Crippen molar-refractivity contribution in [2.75, 3.05) is 23.7 Å². The normalized spacial score (nSPS) is 14.4. The van der Waals surface area contributed by atoms with E-state index in [9.17, 15) is 14.0 Å². The molecule has 0 unspecified atom stereocenters. The second kappa shape index (κ2) is 11.4. The highest BCUT2D eigenvalue weighted by Gasteiger charge is 2.19. The van der Waals surface area contributed by atoms with E-state index in [-0.39, 0.29) is 18.3 Å². The molecule has 3 heterocycles. The maximum absolute atomic E-state index is 13.0. The number of aromatic nitrogens is 3. The SMILES string of the molecule is NC1CCN(Cc2ccn3ncnc(Nc4ccc(NC(=O)NC(=O)Cc5ccc(F)cc5)cc4)c23)CC1. The van der Waals surface area contributed by atoms with E-state index in [4.69, 9.17) is 5.73 Å². The van der Waals surface area contributed by atoms with Gasteiger partial charge in [0.2, 0.25) is 5.91 Å². The number of rotatable bonds is 7. The van der Waals surface area contributed by atoms with Gasteiger partial charge in [-0.05, 0) is 79.5 Å². The number of fused-ring (bicyclic) bond motifs is 1. The van der Waals surface area contributed by atoms with Crippen molar-refractivity contribution in [3.8, 4) is 0 Å². The molecule has 2 aromatic heterocycles. The van der Waals surface area contributed by atoms with E-state index in [1.165, 1.54) is 30.6 Å². The van der Waals surface area contributed by atoms with E-state index >= 15 is 0 Å². The Morgan fingerprint density at radius 2 is 1.71 bits per heavy atom. The van der Waals surface area contributed by atoms with Gasteiger partial charge < -0.3 is 16.4 Å². The van der Waals surface area contributed by atoms with Crippen LogP contribution in [0.2, 0.25) is 0 Å². The molecule has 1 aliphatic rings. The molecule has 0 aliphatic carbocycles. The van der Waals surface area contributed by atoms with E-state index in [0.29, 0.717) is 17.1 Å². The van der Waals surface area contributed by atoms with Crippen molar-refractivity contribution in [2.24, 2.45) is 5.73 Å². The van der Waals surface area contributed by atoms with Crippen LogP contribution in [0.25, 0.3) is 5.52 Å². The topological polar surface area (TPSA) is 130 Å². The van der Waals surface area contributed by atoms with Gasteiger partial charge in [-0.1, -0.05) is 12.1 Å². The summed E-state index contributed by atoms with van der Waals surface area (Å²) in [6, 6.07) is 14.3. The van der Waals surface area contributed by atoms with Crippen molar-refractivity contribution in [1.82, 2.24) is 24.8 Å². The zero-order chi connectivity index (χ0) is 26.5. The average Bonchev–Trinajstić information content (AvgIpc) is 3.31. The zero-order valence-electron chi connectivity index (χ0n) is 20.7. The summed E-state index contributed by atoms with van der Waals surface area (Å²) in [4.78, 5) is 31.2. The molecule has 3 amide bonds. The second-order valence-electron chi connectivity index (χ2n) is 9.36. The summed E-state index contributed by atoms with van der Waals surface area (Å²) in [5.74, 6) is -0.194. The predicted molar refractivity (Wildman–Crippen MR) is 142 cm³/mol. The number of urea groups is 1. The number of nitrogens with zero attached hydrogens (tertiary/aromatic N) is 4. The summed E-state index contributed by atoms with van der Waals surface area (Å²) >= 11 is 0. The first kappa shape index (κ1) is 25.3. The molecular formula is C27H29FN8O2. The first-order valence-electron chi connectivity index (χ1n) is 12.4. The maximum atomic E-state index is 13.0. The van der Waals surface area contributed by atoms with Crippen molar-refractivity contribution in [2.45, 2.75) is 31.8 Å². The highest BCUT2D eigenvalue weighted by atomic mass is 19.1. The van der Waals surface area contributed by atoms with Crippen LogP contribution in [0, 0.1) is 5.82 Å². The number of likely N-dealkylation sites (tertiary alicyclic amines) is 1. The monoisotopic (exact) mass is 516 g/mol. The van der Waals surface area contributed by atoms with Gasteiger partial charge in [0.15, 0.2) is 5.82 Å². The molecule has 0 atom stereocenters. The summed E-state index contributed by atoms with van der Waals surface area (Å²) < 4.78 is 14.8. The minimum atomic E-state index is -0.646. The summed E-state index contributed by atoms with van der Waals surface area (Å²) in [6.07, 6.45) is 5.39. The van der Waals surface area contributed by atoms with Gasteiger partial charge in [0, 0.05) is 30.2 Å². The van der Waals surface area contributed by atoms with Crippen LogP contribution in [0.1, 0.15) is 24.0 Å². The molecule has 196 valence electrons. The smallest absolute Gasteiger partial charge is 0.325 e. The molecule has 0 bridgehead atoms. The molecule has 1 aliphatic heterocycles. The Hall–Kier alpha value is -4.35. The van der Waals surface area contributed by atoms with Gasteiger partial charge >= 0.3 is 6.03 Å². The highest BCUT2D eigenvalue weighted by molar-refractivity contribution is 6.01. The number of nitrogens with two attached hydrogens (primary N) is 1. The minimum Gasteiger partial charge on any atom is -0.338 e. The van der Waals surface area contributed by atoms with Gasteiger partial charge in [0.05, 0.1) is 6.42 Å². The number of piperidine rings is 1.